The number of hydrazone groups is 1. The highest BCUT2D eigenvalue weighted by atomic mass is 16.2. The number of nitrogens with one attached hydrogen (secondary N) is 1. The van der Waals surface area contributed by atoms with Gasteiger partial charge in [-0.2, -0.15) is 5.10 Å². The topological polar surface area (TPSA) is 44.7 Å². The molecule has 0 aromatic heterocycles. The Kier molecular flexibility index (Phi) is 3.97. The molecule has 1 aromatic carbocycles. The minimum Gasteiger partial charge on any atom is -0.385 e. The quantitative estimate of drug-likeness (QED) is 0.810. The summed E-state index contributed by atoms with van der Waals surface area (Å²) in [5.41, 5.74) is 2.78. The largest absolute Gasteiger partial charge is 0.385 e. The molecule has 1 amide bonds. The Bertz CT molecular complexity index is 451. The number of nitrogens with zero attached hydrogens (tertiary/aromatic N) is 2. The van der Waals surface area contributed by atoms with E-state index in [1.807, 2.05) is 31.2 Å². The molecule has 0 spiro atoms. The molecule has 1 aliphatic heterocycles. The average molecular weight is 245 g/mol. The molecule has 0 aliphatic carbocycles. The smallest absolute Gasteiger partial charge is 0.253 e. The molecule has 18 heavy (non-hydrogen) atoms. The van der Waals surface area contributed by atoms with Gasteiger partial charge < -0.3 is 5.32 Å². The summed E-state index contributed by atoms with van der Waals surface area (Å²) in [5.74, 6) is 0.0409. The van der Waals surface area contributed by atoms with Gasteiger partial charge in [0.25, 0.3) is 5.91 Å². The van der Waals surface area contributed by atoms with E-state index in [1.165, 1.54) is 11.4 Å². The van der Waals surface area contributed by atoms with Gasteiger partial charge >= 0.3 is 0 Å². The maximum Gasteiger partial charge on any atom is 0.253 e. The van der Waals surface area contributed by atoms with Crippen LogP contribution in [0.1, 0.15) is 33.1 Å². The van der Waals surface area contributed by atoms with E-state index >= 15 is 0 Å². The van der Waals surface area contributed by atoms with Crippen molar-refractivity contribution in [1.29, 1.82) is 0 Å². The zero-order chi connectivity index (χ0) is 13.0. The Labute approximate surface area is 108 Å². The van der Waals surface area contributed by atoms with E-state index in [2.05, 4.69) is 17.3 Å². The predicted octanol–water partition coefficient (Wildman–Crippen LogP) is 3.01. The van der Waals surface area contributed by atoms with Crippen LogP contribution in [0.3, 0.4) is 0 Å². The van der Waals surface area contributed by atoms with E-state index in [-0.39, 0.29) is 5.91 Å². The molecule has 4 heteroatoms. The third kappa shape index (κ3) is 2.88. The van der Waals surface area contributed by atoms with Crippen LogP contribution in [-0.4, -0.2) is 18.2 Å². The number of unbranched alkanes of at least 4 members (excludes halogenated alkanes) is 1. The molecule has 0 bridgehead atoms. The summed E-state index contributed by atoms with van der Waals surface area (Å²) in [5, 5.41) is 9.05. The van der Waals surface area contributed by atoms with Crippen molar-refractivity contribution >= 4 is 23.0 Å². The van der Waals surface area contributed by atoms with Crippen molar-refractivity contribution < 1.29 is 4.79 Å². The van der Waals surface area contributed by atoms with Crippen LogP contribution in [-0.2, 0) is 4.79 Å². The third-order valence-corrected chi connectivity index (χ3v) is 2.89. The normalized spacial score (nSPS) is 14.9. The molecule has 1 aliphatic rings. The van der Waals surface area contributed by atoms with Gasteiger partial charge in [-0.3, -0.25) is 4.79 Å². The van der Waals surface area contributed by atoms with Crippen molar-refractivity contribution in [3.8, 4) is 0 Å². The first-order valence-electron chi connectivity index (χ1n) is 6.41. The van der Waals surface area contributed by atoms with Gasteiger partial charge in [0.15, 0.2) is 0 Å². The van der Waals surface area contributed by atoms with E-state index in [9.17, 15) is 4.79 Å². The Balaban J connectivity index is 2.01. The summed E-state index contributed by atoms with van der Waals surface area (Å²) in [7, 11) is 0. The summed E-state index contributed by atoms with van der Waals surface area (Å²) < 4.78 is 0. The SMILES string of the molecule is CCCCNc1ccc(N2N=C(C)CC2=O)cc1. The maximum absolute atomic E-state index is 11.7. The molecule has 0 saturated heterocycles. The average Bonchev–Trinajstić information content (AvgIpc) is 2.70. The van der Waals surface area contributed by atoms with Crippen molar-refractivity contribution in [3.05, 3.63) is 24.3 Å². The number of hydrogen-bond acceptors (Lipinski definition) is 3. The molecule has 0 fully saturated rings. The monoisotopic (exact) mass is 245 g/mol. The second-order valence-corrected chi connectivity index (χ2v) is 4.54. The lowest BCUT2D eigenvalue weighted by molar-refractivity contribution is -0.116. The van der Waals surface area contributed by atoms with Crippen LogP contribution < -0.4 is 10.3 Å². The van der Waals surface area contributed by atoms with Crippen LogP contribution in [0.25, 0.3) is 0 Å². The van der Waals surface area contributed by atoms with E-state index < -0.39 is 0 Å². The zero-order valence-corrected chi connectivity index (χ0v) is 10.9. The van der Waals surface area contributed by atoms with Crippen LogP contribution in [0.4, 0.5) is 11.4 Å². The van der Waals surface area contributed by atoms with Crippen molar-refractivity contribution in [1.82, 2.24) is 0 Å². The van der Waals surface area contributed by atoms with Gasteiger partial charge in [0, 0.05) is 17.9 Å². The van der Waals surface area contributed by atoms with Crippen LogP contribution in [0.15, 0.2) is 29.4 Å². The van der Waals surface area contributed by atoms with Crippen LogP contribution >= 0.6 is 0 Å². The van der Waals surface area contributed by atoms with Crippen molar-refractivity contribution in [3.63, 3.8) is 0 Å². The van der Waals surface area contributed by atoms with Gasteiger partial charge in [0.05, 0.1) is 12.1 Å². The fraction of sp³-hybridized carbons (Fsp3) is 0.429. The summed E-state index contributed by atoms with van der Waals surface area (Å²) >= 11 is 0. The fourth-order valence-corrected chi connectivity index (χ4v) is 1.89. The molecule has 1 aromatic rings. The van der Waals surface area contributed by atoms with Gasteiger partial charge in [-0.15, -0.1) is 0 Å². The number of amides is 1. The third-order valence-electron chi connectivity index (χ3n) is 2.89. The van der Waals surface area contributed by atoms with Gasteiger partial charge in [-0.25, -0.2) is 5.01 Å². The number of rotatable bonds is 5. The van der Waals surface area contributed by atoms with E-state index in [4.69, 9.17) is 0 Å². The van der Waals surface area contributed by atoms with Gasteiger partial charge in [0.1, 0.15) is 0 Å². The first-order chi connectivity index (χ1) is 8.70. The molecule has 96 valence electrons. The Morgan fingerprint density at radius 1 is 1.33 bits per heavy atom. The summed E-state index contributed by atoms with van der Waals surface area (Å²) in [6.07, 6.45) is 2.77. The zero-order valence-electron chi connectivity index (χ0n) is 10.9. The highest BCUT2D eigenvalue weighted by molar-refractivity contribution is 6.12. The molecule has 0 unspecified atom stereocenters. The second kappa shape index (κ2) is 5.67. The van der Waals surface area contributed by atoms with Crippen LogP contribution in [0.2, 0.25) is 0 Å². The molecule has 4 nitrogen and oxygen atoms in total. The fourth-order valence-electron chi connectivity index (χ4n) is 1.89. The molecular formula is C14H19N3O. The van der Waals surface area contributed by atoms with Crippen molar-refractivity contribution in [2.75, 3.05) is 16.9 Å². The molecule has 1 heterocycles. The lowest BCUT2D eigenvalue weighted by atomic mass is 10.2. The van der Waals surface area contributed by atoms with Gasteiger partial charge in [-0.05, 0) is 37.6 Å². The number of carbonyl (C=O) groups excluding carboxylic acids is 1. The number of anilines is 2. The number of hydrogen-bond donors (Lipinski definition) is 1. The van der Waals surface area contributed by atoms with E-state index in [1.54, 1.807) is 0 Å². The molecule has 0 atom stereocenters. The Morgan fingerprint density at radius 3 is 2.61 bits per heavy atom. The molecular weight excluding hydrogens is 226 g/mol. The molecule has 2 rings (SSSR count). The van der Waals surface area contributed by atoms with E-state index in [0.717, 1.165) is 30.1 Å². The first kappa shape index (κ1) is 12.6. The number of carbonyl (C=O) groups is 1. The minimum absolute atomic E-state index is 0.0409. The highest BCUT2D eigenvalue weighted by Crippen LogP contribution is 2.22. The first-order valence-corrected chi connectivity index (χ1v) is 6.41. The maximum atomic E-state index is 11.7. The lowest BCUT2D eigenvalue weighted by Gasteiger charge is -2.12. The minimum atomic E-state index is 0.0409. The van der Waals surface area contributed by atoms with Gasteiger partial charge in [-0.1, -0.05) is 13.3 Å². The predicted molar refractivity (Wildman–Crippen MR) is 75.1 cm³/mol. The summed E-state index contributed by atoms with van der Waals surface area (Å²) in [6.45, 7) is 5.03. The lowest BCUT2D eigenvalue weighted by Crippen LogP contribution is -2.19. The van der Waals surface area contributed by atoms with Crippen molar-refractivity contribution in [2.45, 2.75) is 33.1 Å². The summed E-state index contributed by atoms with van der Waals surface area (Å²) in [4.78, 5) is 11.7. The van der Waals surface area contributed by atoms with Crippen LogP contribution in [0.5, 0.6) is 0 Å². The molecule has 0 saturated carbocycles. The Morgan fingerprint density at radius 2 is 2.06 bits per heavy atom. The van der Waals surface area contributed by atoms with E-state index in [0.29, 0.717) is 6.42 Å². The molecule has 0 radical (unpaired) electrons. The van der Waals surface area contributed by atoms with Gasteiger partial charge in [0.2, 0.25) is 0 Å². The molecule has 1 N–H and O–H groups in total. The highest BCUT2D eigenvalue weighted by Gasteiger charge is 2.22. The second-order valence-electron chi connectivity index (χ2n) is 4.54. The summed E-state index contributed by atoms with van der Waals surface area (Å²) in [6, 6.07) is 7.82. The van der Waals surface area contributed by atoms with Crippen molar-refractivity contribution in [2.24, 2.45) is 5.10 Å². The number of benzene rings is 1. The van der Waals surface area contributed by atoms with Crippen LogP contribution in [0, 0.1) is 0 Å². The Hall–Kier alpha value is -1.84. The standard InChI is InChI=1S/C14H19N3O/c1-3-4-9-15-12-5-7-13(8-6-12)17-14(18)10-11(2)16-17/h5-8,15H,3-4,9-10H2,1-2H3.